The fourth-order valence-corrected chi connectivity index (χ4v) is 4.29. The van der Waals surface area contributed by atoms with Crippen molar-refractivity contribution < 1.29 is 22.7 Å². The van der Waals surface area contributed by atoms with Crippen molar-refractivity contribution in [2.75, 3.05) is 12.8 Å². The summed E-state index contributed by atoms with van der Waals surface area (Å²) < 4.78 is 29.4. The summed E-state index contributed by atoms with van der Waals surface area (Å²) in [5, 5.41) is 8.55. The lowest BCUT2D eigenvalue weighted by molar-refractivity contribution is 0.0530. The third-order valence-electron chi connectivity index (χ3n) is 5.50. The molecule has 11 heteroatoms. The lowest BCUT2D eigenvalue weighted by atomic mass is 10.0. The first kappa shape index (κ1) is 24.1. The summed E-state index contributed by atoms with van der Waals surface area (Å²) in [6.45, 7) is 2.14. The van der Waals surface area contributed by atoms with Gasteiger partial charge in [0.05, 0.1) is 11.4 Å². The Morgan fingerprint density at radius 2 is 1.89 bits per heavy atom. The molecule has 0 aromatic heterocycles. The highest BCUT2D eigenvalue weighted by Gasteiger charge is 2.37. The minimum Gasteiger partial charge on any atom is -0.438 e. The van der Waals surface area contributed by atoms with Crippen LogP contribution < -0.4 is 5.32 Å². The highest BCUT2D eigenvalue weighted by molar-refractivity contribution is 7.90. The smallest absolute Gasteiger partial charge is 0.433 e. The molecule has 2 aliphatic rings. The molecule has 10 nitrogen and oxygen atoms in total. The molecule has 182 valence electrons. The number of hydrogen-bond donors (Lipinski definition) is 1. The topological polar surface area (TPSA) is 121 Å². The van der Waals surface area contributed by atoms with Crippen LogP contribution in [0.4, 0.5) is 9.59 Å². The maximum Gasteiger partial charge on any atom is 0.433 e. The van der Waals surface area contributed by atoms with E-state index < -0.39 is 34.2 Å². The molecule has 2 atom stereocenters. The molecule has 0 bridgehead atoms. The van der Waals surface area contributed by atoms with E-state index in [-0.39, 0.29) is 11.4 Å². The van der Waals surface area contributed by atoms with Crippen molar-refractivity contribution in [3.05, 3.63) is 78.1 Å². The second-order valence-corrected chi connectivity index (χ2v) is 9.97. The Morgan fingerprint density at radius 1 is 1.17 bits per heavy atom. The van der Waals surface area contributed by atoms with Gasteiger partial charge in [0.2, 0.25) is 0 Å². The Bertz CT molecular complexity index is 1290. The third kappa shape index (κ3) is 5.40. The largest absolute Gasteiger partial charge is 0.438 e. The van der Waals surface area contributed by atoms with Gasteiger partial charge in [0.15, 0.2) is 16.0 Å². The lowest BCUT2D eigenvalue weighted by Crippen LogP contribution is -2.50. The van der Waals surface area contributed by atoms with Gasteiger partial charge >= 0.3 is 12.1 Å². The van der Waals surface area contributed by atoms with Crippen LogP contribution >= 0.6 is 0 Å². The first-order valence-electron chi connectivity index (χ1n) is 11.0. The van der Waals surface area contributed by atoms with Crippen molar-refractivity contribution >= 4 is 33.9 Å². The number of nitrogens with one attached hydrogen (secondary N) is 1. The van der Waals surface area contributed by atoms with Crippen molar-refractivity contribution in [2.45, 2.75) is 30.5 Å². The minimum absolute atomic E-state index is 0.173. The Morgan fingerprint density at radius 3 is 2.49 bits per heavy atom. The molecule has 0 fully saturated rings. The van der Waals surface area contributed by atoms with Crippen LogP contribution in [0, 0.1) is 0 Å². The van der Waals surface area contributed by atoms with Crippen LogP contribution in [0.15, 0.2) is 82.0 Å². The maximum absolute atomic E-state index is 13.0. The van der Waals surface area contributed by atoms with Crippen LogP contribution in [0.5, 0.6) is 0 Å². The molecule has 0 aliphatic carbocycles. The lowest BCUT2D eigenvalue weighted by Gasteiger charge is -2.35. The molecule has 3 amide bonds. The Balaban J connectivity index is 1.72. The number of nitrogens with zero attached hydrogens (tertiary/aromatic N) is 4. The van der Waals surface area contributed by atoms with Crippen LogP contribution in [0.25, 0.3) is 0 Å². The van der Waals surface area contributed by atoms with Crippen molar-refractivity contribution in [3.8, 4) is 0 Å². The Hall–Kier alpha value is -3.99. The van der Waals surface area contributed by atoms with Gasteiger partial charge in [0.25, 0.3) is 0 Å². The third-order valence-corrected chi connectivity index (χ3v) is 6.63. The second kappa shape index (κ2) is 10.1. The van der Waals surface area contributed by atoms with E-state index in [9.17, 15) is 18.0 Å². The fraction of sp³-hybridized carbons (Fsp3) is 0.250. The molecule has 0 spiro atoms. The van der Waals surface area contributed by atoms with Gasteiger partial charge in [-0.15, -0.1) is 0 Å². The first-order valence-corrected chi connectivity index (χ1v) is 12.9. The average molecular weight is 496 g/mol. The summed E-state index contributed by atoms with van der Waals surface area (Å²) >= 11 is 0. The molecule has 1 N–H and O–H groups in total. The van der Waals surface area contributed by atoms with E-state index in [0.29, 0.717) is 23.3 Å². The van der Waals surface area contributed by atoms with E-state index >= 15 is 0 Å². The molecule has 2 aromatic rings. The van der Waals surface area contributed by atoms with Gasteiger partial charge in [-0.2, -0.15) is 10.1 Å². The minimum atomic E-state index is -3.37. The Kier molecular flexibility index (Phi) is 6.97. The first-order chi connectivity index (χ1) is 16.8. The number of hydrazone groups is 1. The number of rotatable bonds is 6. The number of carbonyl (C=O) groups is 2. The number of urea groups is 1. The van der Waals surface area contributed by atoms with E-state index in [1.165, 1.54) is 29.4 Å². The molecule has 2 heterocycles. The standard InChI is InChI=1S/C24H25N5O5S/c1-3-20-21(17-9-11-19(12-10-17)35(2,32)33)27-29(24(31)34-20)22(18-7-5-4-6-8-18)26-23(30)28-15-13-25-14-16-28/h4-15,20,22H,3,16H2,1-2H3,(H,26,30). The number of sulfone groups is 1. The Labute approximate surface area is 203 Å². The zero-order chi connectivity index (χ0) is 25.0. The predicted octanol–water partition coefficient (Wildman–Crippen LogP) is 3.29. The molecule has 0 saturated carbocycles. The van der Waals surface area contributed by atoms with Gasteiger partial charge in [0, 0.05) is 30.4 Å². The monoisotopic (exact) mass is 495 g/mol. The summed E-state index contributed by atoms with van der Waals surface area (Å²) in [6.07, 6.45) is 3.94. The second-order valence-electron chi connectivity index (χ2n) is 7.95. The SMILES string of the molecule is CCC1OC(=O)N(C(NC(=O)N2C=CN=CC2)c2ccccc2)N=C1c1ccc(S(C)(=O)=O)cc1. The number of ether oxygens (including phenoxy) is 1. The molecule has 4 rings (SSSR count). The molecule has 2 aliphatic heterocycles. The molecular formula is C24H25N5O5S. The maximum atomic E-state index is 13.0. The highest BCUT2D eigenvalue weighted by Crippen LogP contribution is 2.27. The number of carbonyl (C=O) groups excluding carboxylic acids is 2. The molecule has 0 radical (unpaired) electrons. The summed E-state index contributed by atoms with van der Waals surface area (Å²) in [5.41, 5.74) is 1.68. The van der Waals surface area contributed by atoms with E-state index in [1.54, 1.807) is 42.6 Å². The van der Waals surface area contributed by atoms with Crippen LogP contribution in [0.2, 0.25) is 0 Å². The molecule has 35 heavy (non-hydrogen) atoms. The molecule has 0 saturated heterocycles. The van der Waals surface area contributed by atoms with Gasteiger partial charge < -0.3 is 10.1 Å². The van der Waals surface area contributed by atoms with Gasteiger partial charge in [-0.3, -0.25) is 9.89 Å². The van der Waals surface area contributed by atoms with Crippen molar-refractivity contribution in [2.24, 2.45) is 10.1 Å². The molecular weight excluding hydrogens is 470 g/mol. The number of amides is 3. The summed E-state index contributed by atoms with van der Waals surface area (Å²) in [6, 6.07) is 14.7. The number of aliphatic imine (C=N–C) groups is 1. The number of cyclic esters (lactones) is 1. The van der Waals surface area contributed by atoms with Gasteiger partial charge in [-0.25, -0.2) is 18.0 Å². The number of hydrogen-bond acceptors (Lipinski definition) is 7. The average Bonchev–Trinajstić information content (AvgIpc) is 2.88. The molecule has 2 unspecified atom stereocenters. The van der Waals surface area contributed by atoms with Gasteiger partial charge in [0.1, 0.15) is 11.8 Å². The summed E-state index contributed by atoms with van der Waals surface area (Å²) in [4.78, 5) is 31.5. The zero-order valence-electron chi connectivity index (χ0n) is 19.2. The van der Waals surface area contributed by atoms with Crippen LogP contribution in [0.3, 0.4) is 0 Å². The van der Waals surface area contributed by atoms with Crippen LogP contribution in [-0.2, 0) is 14.6 Å². The molecule has 2 aromatic carbocycles. The summed E-state index contributed by atoms with van der Waals surface area (Å²) in [7, 11) is -3.37. The van der Waals surface area contributed by atoms with Crippen molar-refractivity contribution in [3.63, 3.8) is 0 Å². The van der Waals surface area contributed by atoms with E-state index in [2.05, 4.69) is 15.4 Å². The quantitative estimate of drug-likeness (QED) is 0.659. The van der Waals surface area contributed by atoms with Gasteiger partial charge in [-0.05, 0) is 24.1 Å². The number of benzene rings is 2. The van der Waals surface area contributed by atoms with E-state index in [0.717, 1.165) is 11.3 Å². The summed E-state index contributed by atoms with van der Waals surface area (Å²) in [5.74, 6) is 0. The van der Waals surface area contributed by atoms with Crippen molar-refractivity contribution in [1.29, 1.82) is 0 Å². The predicted molar refractivity (Wildman–Crippen MR) is 131 cm³/mol. The zero-order valence-corrected chi connectivity index (χ0v) is 20.1. The van der Waals surface area contributed by atoms with Crippen LogP contribution in [-0.4, -0.2) is 61.3 Å². The normalized spacial score (nSPS) is 18.6. The van der Waals surface area contributed by atoms with Gasteiger partial charge in [-0.1, -0.05) is 49.4 Å². The van der Waals surface area contributed by atoms with E-state index in [4.69, 9.17) is 4.74 Å². The van der Waals surface area contributed by atoms with E-state index in [1.807, 2.05) is 13.0 Å². The van der Waals surface area contributed by atoms with Crippen molar-refractivity contribution in [1.82, 2.24) is 15.2 Å². The fourth-order valence-electron chi connectivity index (χ4n) is 3.66. The highest BCUT2D eigenvalue weighted by atomic mass is 32.2. The van der Waals surface area contributed by atoms with Crippen LogP contribution in [0.1, 0.15) is 30.6 Å².